The van der Waals surface area contributed by atoms with E-state index in [0.717, 1.165) is 69.6 Å². The summed E-state index contributed by atoms with van der Waals surface area (Å²) in [6.45, 7) is 9.63. The predicted octanol–water partition coefficient (Wildman–Crippen LogP) is 2.66. The zero-order valence-corrected chi connectivity index (χ0v) is 18.8. The Balaban J connectivity index is 1.81. The maximum atomic E-state index is 4.77. The molecule has 0 aliphatic rings. The van der Waals surface area contributed by atoms with Crippen molar-refractivity contribution in [3.63, 3.8) is 0 Å². The first kappa shape index (κ1) is 23.1. The van der Waals surface area contributed by atoms with Crippen LogP contribution in [0.15, 0.2) is 41.7 Å². The molecule has 2 aromatic rings. The number of hydrogen-bond donors (Lipinski definition) is 2. The minimum Gasteiger partial charge on any atom is -0.372 e. The van der Waals surface area contributed by atoms with Crippen LogP contribution in [-0.2, 0) is 13.0 Å². The van der Waals surface area contributed by atoms with Gasteiger partial charge in [0, 0.05) is 57.1 Å². The van der Waals surface area contributed by atoms with E-state index < -0.39 is 0 Å². The first-order valence-electron chi connectivity index (χ1n) is 10.5. The number of para-hydroxylation sites is 1. The average Bonchev–Trinajstić information content (AvgIpc) is 3.21. The average molecular weight is 418 g/mol. The van der Waals surface area contributed by atoms with Gasteiger partial charge in [-0.2, -0.15) is 11.8 Å². The van der Waals surface area contributed by atoms with Gasteiger partial charge in [0.1, 0.15) is 12.2 Å². The highest BCUT2D eigenvalue weighted by atomic mass is 32.2. The smallest absolute Gasteiger partial charge is 0.191 e. The molecule has 2 N–H and O–H groups in total. The maximum absolute atomic E-state index is 4.77. The van der Waals surface area contributed by atoms with Gasteiger partial charge in [-0.1, -0.05) is 25.1 Å². The Kier molecular flexibility index (Phi) is 11.0. The van der Waals surface area contributed by atoms with E-state index in [0.29, 0.717) is 0 Å². The van der Waals surface area contributed by atoms with Crippen molar-refractivity contribution in [2.24, 2.45) is 4.99 Å². The molecular weight excluding hydrogens is 382 g/mol. The van der Waals surface area contributed by atoms with Gasteiger partial charge in [-0.05, 0) is 31.7 Å². The van der Waals surface area contributed by atoms with E-state index in [4.69, 9.17) is 4.99 Å². The summed E-state index contributed by atoms with van der Waals surface area (Å²) in [6.07, 6.45) is 5.82. The Bertz CT molecular complexity index is 702. The summed E-state index contributed by atoms with van der Waals surface area (Å²) in [4.78, 5) is 7.17. The number of anilines is 1. The third kappa shape index (κ3) is 8.35. The number of rotatable bonds is 13. The number of benzene rings is 1. The molecule has 160 valence electrons. The Morgan fingerprint density at radius 3 is 2.69 bits per heavy atom. The number of nitrogens with one attached hydrogen (secondary N) is 2. The lowest BCUT2D eigenvalue weighted by Gasteiger charge is -2.22. The van der Waals surface area contributed by atoms with Crippen LogP contribution < -0.4 is 15.5 Å². The van der Waals surface area contributed by atoms with E-state index >= 15 is 0 Å². The molecule has 2 rings (SSSR count). The van der Waals surface area contributed by atoms with Gasteiger partial charge in [0.2, 0.25) is 0 Å². The molecule has 1 aromatic carbocycles. The second kappa shape index (κ2) is 13.9. The molecule has 29 heavy (non-hydrogen) atoms. The Labute approximate surface area is 179 Å². The number of hydrogen-bond acceptors (Lipinski definition) is 5. The number of aromatic nitrogens is 3. The fourth-order valence-corrected chi connectivity index (χ4v) is 3.35. The molecule has 7 nitrogen and oxygen atoms in total. The summed E-state index contributed by atoms with van der Waals surface area (Å²) in [5, 5.41) is 15.0. The second-order valence-corrected chi connectivity index (χ2v) is 7.63. The molecule has 8 heteroatoms. The molecule has 1 aromatic heterocycles. The second-order valence-electron chi connectivity index (χ2n) is 6.64. The summed E-state index contributed by atoms with van der Waals surface area (Å²) >= 11 is 1.83. The molecule has 0 unspecified atom stereocenters. The molecular formula is C21H35N7S. The van der Waals surface area contributed by atoms with Gasteiger partial charge in [0.15, 0.2) is 5.96 Å². The highest BCUT2D eigenvalue weighted by Gasteiger charge is 2.04. The molecule has 0 fully saturated rings. The molecule has 0 aliphatic heterocycles. The van der Waals surface area contributed by atoms with Crippen LogP contribution in [0.4, 0.5) is 5.69 Å². The van der Waals surface area contributed by atoms with Gasteiger partial charge in [-0.25, -0.2) is 0 Å². The fraction of sp³-hybridized carbons (Fsp3) is 0.571. The number of guanidine groups is 1. The molecule has 0 saturated carbocycles. The topological polar surface area (TPSA) is 70.4 Å². The van der Waals surface area contributed by atoms with Crippen LogP contribution in [-0.4, -0.2) is 65.5 Å². The van der Waals surface area contributed by atoms with Crippen LogP contribution in [0.3, 0.4) is 0 Å². The number of aryl methyl sites for hydroxylation is 1. The molecule has 0 atom stereocenters. The standard InChI is InChI=1S/C21H35N7S/c1-4-20-26-25-18-28(20)16-13-23-21(24-14-17-29-3)22-12-9-15-27(5-2)19-10-7-6-8-11-19/h6-8,10-11,18H,4-5,9,12-17H2,1-3H3,(H2,22,23,24). The lowest BCUT2D eigenvalue weighted by Crippen LogP contribution is -2.40. The van der Waals surface area contributed by atoms with E-state index in [2.05, 4.69) is 80.7 Å². The van der Waals surface area contributed by atoms with Crippen LogP contribution in [0.5, 0.6) is 0 Å². The first-order chi connectivity index (χ1) is 14.3. The van der Waals surface area contributed by atoms with Crippen LogP contribution in [0.25, 0.3) is 0 Å². The normalized spacial score (nSPS) is 11.5. The van der Waals surface area contributed by atoms with E-state index in [9.17, 15) is 0 Å². The maximum Gasteiger partial charge on any atom is 0.191 e. The van der Waals surface area contributed by atoms with Gasteiger partial charge < -0.3 is 20.1 Å². The quantitative estimate of drug-likeness (QED) is 0.297. The zero-order chi connectivity index (χ0) is 20.7. The van der Waals surface area contributed by atoms with Crippen molar-refractivity contribution in [2.75, 3.05) is 49.6 Å². The van der Waals surface area contributed by atoms with Crippen molar-refractivity contribution < 1.29 is 0 Å². The van der Waals surface area contributed by atoms with E-state index in [1.165, 1.54) is 5.69 Å². The summed E-state index contributed by atoms with van der Waals surface area (Å²) in [5.74, 6) is 2.96. The van der Waals surface area contributed by atoms with Crippen molar-refractivity contribution in [3.05, 3.63) is 42.5 Å². The number of aliphatic imine (C=N–C) groups is 1. The van der Waals surface area contributed by atoms with Crippen molar-refractivity contribution >= 4 is 23.4 Å². The SMILES string of the molecule is CCc1nncn1CCNC(=NCCCN(CC)c1ccccc1)NCCSC. The van der Waals surface area contributed by atoms with Crippen LogP contribution in [0, 0.1) is 0 Å². The van der Waals surface area contributed by atoms with Gasteiger partial charge in [-0.15, -0.1) is 10.2 Å². The van der Waals surface area contributed by atoms with Crippen molar-refractivity contribution in [1.29, 1.82) is 0 Å². The molecule has 0 spiro atoms. The van der Waals surface area contributed by atoms with Crippen LogP contribution in [0.1, 0.15) is 26.1 Å². The van der Waals surface area contributed by atoms with Gasteiger partial charge >= 0.3 is 0 Å². The van der Waals surface area contributed by atoms with E-state index in [1.54, 1.807) is 6.33 Å². The summed E-state index contributed by atoms with van der Waals surface area (Å²) in [7, 11) is 0. The Hall–Kier alpha value is -2.22. The van der Waals surface area contributed by atoms with Crippen molar-refractivity contribution in [2.45, 2.75) is 33.2 Å². The van der Waals surface area contributed by atoms with Crippen LogP contribution in [0.2, 0.25) is 0 Å². The summed E-state index contributed by atoms with van der Waals surface area (Å²) in [5.41, 5.74) is 1.27. The molecule has 0 saturated heterocycles. The largest absolute Gasteiger partial charge is 0.372 e. The van der Waals surface area contributed by atoms with Gasteiger partial charge in [-0.3, -0.25) is 4.99 Å². The Morgan fingerprint density at radius 1 is 1.17 bits per heavy atom. The fourth-order valence-electron chi connectivity index (χ4n) is 3.04. The molecule has 0 amide bonds. The minimum absolute atomic E-state index is 0.793. The molecule has 0 bridgehead atoms. The molecule has 0 aliphatic carbocycles. The zero-order valence-electron chi connectivity index (χ0n) is 18.0. The summed E-state index contributed by atoms with van der Waals surface area (Å²) in [6, 6.07) is 10.6. The van der Waals surface area contributed by atoms with E-state index in [1.807, 2.05) is 11.8 Å². The lowest BCUT2D eigenvalue weighted by atomic mass is 10.2. The molecule has 0 radical (unpaired) electrons. The summed E-state index contributed by atoms with van der Waals surface area (Å²) < 4.78 is 2.09. The Morgan fingerprint density at radius 2 is 1.97 bits per heavy atom. The third-order valence-electron chi connectivity index (χ3n) is 4.61. The monoisotopic (exact) mass is 417 g/mol. The molecule has 1 heterocycles. The number of thioether (sulfide) groups is 1. The lowest BCUT2D eigenvalue weighted by molar-refractivity contribution is 0.632. The van der Waals surface area contributed by atoms with Gasteiger partial charge in [0.05, 0.1) is 0 Å². The highest BCUT2D eigenvalue weighted by Crippen LogP contribution is 2.12. The van der Waals surface area contributed by atoms with E-state index in [-0.39, 0.29) is 0 Å². The van der Waals surface area contributed by atoms with Crippen molar-refractivity contribution in [1.82, 2.24) is 25.4 Å². The number of nitrogens with zero attached hydrogens (tertiary/aromatic N) is 5. The predicted molar refractivity (Wildman–Crippen MR) is 125 cm³/mol. The third-order valence-corrected chi connectivity index (χ3v) is 5.23. The highest BCUT2D eigenvalue weighted by molar-refractivity contribution is 7.98. The first-order valence-corrected chi connectivity index (χ1v) is 11.9. The van der Waals surface area contributed by atoms with Gasteiger partial charge in [0.25, 0.3) is 0 Å². The minimum atomic E-state index is 0.793. The van der Waals surface area contributed by atoms with Crippen molar-refractivity contribution in [3.8, 4) is 0 Å². The van der Waals surface area contributed by atoms with Crippen LogP contribution >= 0.6 is 11.8 Å².